The maximum Gasteiger partial charge on any atom is 0.424 e. The number of hydrogen-bond acceptors (Lipinski definition) is 4. The van der Waals surface area contributed by atoms with E-state index in [0.717, 1.165) is 12.1 Å². The number of amides is 1. The summed E-state index contributed by atoms with van der Waals surface area (Å²) in [4.78, 5) is 22.1. The van der Waals surface area contributed by atoms with E-state index >= 15 is 4.39 Å². The fourth-order valence-electron chi connectivity index (χ4n) is 3.90. The minimum Gasteiger partial charge on any atom is -0.374 e. The first-order valence-corrected chi connectivity index (χ1v) is 9.97. The van der Waals surface area contributed by atoms with Crippen LogP contribution in [0, 0.1) is 11.6 Å². The van der Waals surface area contributed by atoms with E-state index in [1.165, 1.54) is 40.1 Å². The van der Waals surface area contributed by atoms with Crippen molar-refractivity contribution >= 4 is 5.91 Å². The van der Waals surface area contributed by atoms with E-state index in [1.807, 2.05) is 0 Å². The van der Waals surface area contributed by atoms with Crippen LogP contribution in [-0.2, 0) is 12.1 Å². The summed E-state index contributed by atoms with van der Waals surface area (Å²) >= 11 is 0. The van der Waals surface area contributed by atoms with E-state index in [9.17, 15) is 27.5 Å². The number of hydrogen-bond donors (Lipinski definition) is 1. The molecule has 1 aromatic carbocycles. The average Bonchev–Trinajstić information content (AvgIpc) is 3.19. The van der Waals surface area contributed by atoms with E-state index in [-0.39, 0.29) is 35.6 Å². The number of rotatable bonds is 3. The van der Waals surface area contributed by atoms with Gasteiger partial charge in [-0.3, -0.25) is 9.78 Å². The summed E-state index contributed by atoms with van der Waals surface area (Å²) in [7, 11) is 0. The Kier molecular flexibility index (Phi) is 5.47. The normalized spacial score (nSPS) is 18.1. The molecule has 11 heteroatoms. The molecular formula is C22H19F5N4O2. The number of imidazole rings is 1. The van der Waals surface area contributed by atoms with Crippen molar-refractivity contribution in [1.82, 2.24) is 19.4 Å². The molecule has 1 aliphatic heterocycles. The molecule has 1 N–H and O–H groups in total. The minimum atomic E-state index is -4.95. The molecule has 0 spiro atoms. The standard InChI is InChI=1S/C22H19F5N4O2/c1-12-10-30(11-15-9-29-20(31(12)15)21(2,33)22(25,26)27)19(32)16-7-8-28-18(17(16)24)13-3-5-14(23)6-4-13/h3-9,12,33H,10-11H2,1-2H3/t12-,21+/m0/s1. The lowest BCUT2D eigenvalue weighted by Gasteiger charge is -2.36. The highest BCUT2D eigenvalue weighted by Gasteiger charge is 2.55. The van der Waals surface area contributed by atoms with Gasteiger partial charge in [-0.15, -0.1) is 0 Å². The van der Waals surface area contributed by atoms with Gasteiger partial charge in [0.05, 0.1) is 30.0 Å². The summed E-state index contributed by atoms with van der Waals surface area (Å²) in [5.41, 5.74) is -3.01. The highest BCUT2D eigenvalue weighted by Crippen LogP contribution is 2.40. The van der Waals surface area contributed by atoms with Crippen LogP contribution in [0.15, 0.2) is 42.7 Å². The predicted molar refractivity (Wildman–Crippen MR) is 107 cm³/mol. The lowest BCUT2D eigenvalue weighted by molar-refractivity contribution is -0.263. The highest BCUT2D eigenvalue weighted by molar-refractivity contribution is 5.95. The second kappa shape index (κ2) is 7.91. The quantitative estimate of drug-likeness (QED) is 0.587. The molecule has 33 heavy (non-hydrogen) atoms. The largest absolute Gasteiger partial charge is 0.424 e. The maximum atomic E-state index is 15.2. The third kappa shape index (κ3) is 3.86. The zero-order valence-electron chi connectivity index (χ0n) is 17.6. The molecule has 1 aliphatic rings. The number of nitrogens with zero attached hydrogens (tertiary/aromatic N) is 4. The molecule has 4 rings (SSSR count). The first kappa shape index (κ1) is 22.8. The van der Waals surface area contributed by atoms with Crippen molar-refractivity contribution in [2.24, 2.45) is 0 Å². The Hall–Kier alpha value is -3.34. The van der Waals surface area contributed by atoms with Gasteiger partial charge in [0.1, 0.15) is 11.5 Å². The van der Waals surface area contributed by atoms with E-state index in [0.29, 0.717) is 6.92 Å². The van der Waals surface area contributed by atoms with E-state index < -0.39 is 41.2 Å². The molecule has 3 aromatic rings. The second-order valence-corrected chi connectivity index (χ2v) is 8.08. The number of pyridine rings is 1. The molecule has 3 heterocycles. The third-order valence-electron chi connectivity index (χ3n) is 5.66. The average molecular weight is 466 g/mol. The van der Waals surface area contributed by atoms with E-state index in [1.54, 1.807) is 6.92 Å². The van der Waals surface area contributed by atoms with Crippen molar-refractivity contribution in [3.05, 3.63) is 71.4 Å². The Bertz CT molecular complexity index is 1200. The van der Waals surface area contributed by atoms with Crippen molar-refractivity contribution in [3.63, 3.8) is 0 Å². The molecule has 0 aliphatic carbocycles. The summed E-state index contributed by atoms with van der Waals surface area (Å²) in [5.74, 6) is -2.64. The molecule has 6 nitrogen and oxygen atoms in total. The Morgan fingerprint density at radius 2 is 1.79 bits per heavy atom. The molecule has 1 amide bonds. The van der Waals surface area contributed by atoms with Gasteiger partial charge in [0.2, 0.25) is 5.60 Å². The summed E-state index contributed by atoms with van der Waals surface area (Å²) in [6.07, 6.45) is -2.53. The van der Waals surface area contributed by atoms with Crippen molar-refractivity contribution in [2.75, 3.05) is 6.54 Å². The van der Waals surface area contributed by atoms with Crippen LogP contribution in [0.25, 0.3) is 11.3 Å². The summed E-state index contributed by atoms with van der Waals surface area (Å²) < 4.78 is 69.6. The molecular weight excluding hydrogens is 447 g/mol. The van der Waals surface area contributed by atoms with Crippen molar-refractivity contribution in [2.45, 2.75) is 38.2 Å². The predicted octanol–water partition coefficient (Wildman–Crippen LogP) is 4.21. The summed E-state index contributed by atoms with van der Waals surface area (Å²) in [5, 5.41) is 10.1. The Balaban J connectivity index is 1.65. The summed E-state index contributed by atoms with van der Waals surface area (Å²) in [6.45, 7) is 2.04. The van der Waals surface area contributed by atoms with Crippen LogP contribution in [0.4, 0.5) is 22.0 Å². The molecule has 0 radical (unpaired) electrons. The SMILES string of the molecule is C[C@H]1CN(C(=O)c2ccnc(-c3ccc(F)cc3)c2F)Cc2cnc([C@@](C)(O)C(F)(F)F)n21. The van der Waals surface area contributed by atoms with Gasteiger partial charge in [-0.05, 0) is 44.2 Å². The lowest BCUT2D eigenvalue weighted by atomic mass is 10.0. The molecule has 2 atom stereocenters. The number of aromatic nitrogens is 3. The van der Waals surface area contributed by atoms with Crippen LogP contribution in [0.5, 0.6) is 0 Å². The smallest absolute Gasteiger partial charge is 0.374 e. The van der Waals surface area contributed by atoms with Crippen molar-refractivity contribution in [1.29, 1.82) is 0 Å². The zero-order valence-corrected chi connectivity index (χ0v) is 17.6. The summed E-state index contributed by atoms with van der Waals surface area (Å²) in [6, 6.07) is 5.51. The van der Waals surface area contributed by atoms with Gasteiger partial charge >= 0.3 is 6.18 Å². The lowest BCUT2D eigenvalue weighted by Crippen LogP contribution is -2.45. The van der Waals surface area contributed by atoms with Crippen molar-refractivity contribution in [3.8, 4) is 11.3 Å². The molecule has 174 valence electrons. The van der Waals surface area contributed by atoms with Crippen molar-refractivity contribution < 1.29 is 31.9 Å². The fourth-order valence-corrected chi connectivity index (χ4v) is 3.90. The Morgan fingerprint density at radius 3 is 2.42 bits per heavy atom. The second-order valence-electron chi connectivity index (χ2n) is 8.08. The Morgan fingerprint density at radius 1 is 1.12 bits per heavy atom. The number of carbonyl (C=O) groups excluding carboxylic acids is 1. The number of fused-ring (bicyclic) bond motifs is 1. The van der Waals surface area contributed by atoms with Crippen LogP contribution < -0.4 is 0 Å². The van der Waals surface area contributed by atoms with Gasteiger partial charge in [-0.2, -0.15) is 13.2 Å². The molecule has 0 fully saturated rings. The topological polar surface area (TPSA) is 71.2 Å². The monoisotopic (exact) mass is 466 g/mol. The van der Waals surface area contributed by atoms with Gasteiger partial charge < -0.3 is 14.6 Å². The Labute approximate surface area is 185 Å². The van der Waals surface area contributed by atoms with Crippen LogP contribution in [-0.4, -0.2) is 43.2 Å². The number of alkyl halides is 3. The number of halogens is 5. The number of aliphatic hydroxyl groups is 1. The van der Waals surface area contributed by atoms with Crippen LogP contribution in [0.1, 0.15) is 41.8 Å². The highest BCUT2D eigenvalue weighted by atomic mass is 19.4. The van der Waals surface area contributed by atoms with Gasteiger partial charge in [0.15, 0.2) is 11.6 Å². The molecule has 0 unspecified atom stereocenters. The molecule has 0 bridgehead atoms. The maximum absolute atomic E-state index is 15.2. The van der Waals surface area contributed by atoms with Gasteiger partial charge in [0.25, 0.3) is 5.91 Å². The van der Waals surface area contributed by atoms with Gasteiger partial charge in [-0.25, -0.2) is 13.8 Å². The first-order valence-electron chi connectivity index (χ1n) is 9.97. The third-order valence-corrected chi connectivity index (χ3v) is 5.66. The number of benzene rings is 1. The molecule has 2 aromatic heterocycles. The zero-order chi connectivity index (χ0) is 24.1. The molecule has 0 saturated heterocycles. The fraction of sp³-hybridized carbons (Fsp3) is 0.318. The number of carbonyl (C=O) groups is 1. The first-order chi connectivity index (χ1) is 15.4. The van der Waals surface area contributed by atoms with Crippen LogP contribution >= 0.6 is 0 Å². The van der Waals surface area contributed by atoms with Gasteiger partial charge in [-0.1, -0.05) is 0 Å². The van der Waals surface area contributed by atoms with Crippen LogP contribution in [0.2, 0.25) is 0 Å². The molecule has 0 saturated carbocycles. The van der Waals surface area contributed by atoms with Gasteiger partial charge in [0, 0.05) is 18.3 Å². The van der Waals surface area contributed by atoms with E-state index in [4.69, 9.17) is 0 Å². The van der Waals surface area contributed by atoms with E-state index in [2.05, 4.69) is 9.97 Å². The minimum absolute atomic E-state index is 0.0310. The van der Waals surface area contributed by atoms with Crippen LogP contribution in [0.3, 0.4) is 0 Å².